The van der Waals surface area contributed by atoms with Crippen molar-refractivity contribution >= 4 is 23.6 Å². The van der Waals surface area contributed by atoms with Crippen molar-refractivity contribution in [3.8, 4) is 0 Å². The number of hydrogen-bond donors (Lipinski definition) is 1. The predicted molar refractivity (Wildman–Crippen MR) is 92.4 cm³/mol. The van der Waals surface area contributed by atoms with Gasteiger partial charge in [-0.2, -0.15) is 0 Å². The number of nitrogens with one attached hydrogen (secondary N) is 1. The highest BCUT2D eigenvalue weighted by Crippen LogP contribution is 2.36. The first-order valence-corrected chi connectivity index (χ1v) is 9.42. The third-order valence-electron chi connectivity index (χ3n) is 4.70. The number of hydrogen-bond acceptors (Lipinski definition) is 3. The molecule has 0 saturated carbocycles. The molecule has 2 aliphatic heterocycles. The van der Waals surface area contributed by atoms with Gasteiger partial charge >= 0.3 is 0 Å². The van der Waals surface area contributed by atoms with E-state index < -0.39 is 0 Å². The highest BCUT2D eigenvalue weighted by molar-refractivity contribution is 7.99. The summed E-state index contributed by atoms with van der Waals surface area (Å²) in [5.41, 5.74) is 2.43. The average Bonchev–Trinajstić information content (AvgIpc) is 2.95. The second-order valence-corrected chi connectivity index (χ2v) is 7.49. The molecule has 0 bridgehead atoms. The Hall–Kier alpha value is -1.49. The molecule has 2 amide bonds. The van der Waals surface area contributed by atoms with E-state index in [-0.39, 0.29) is 23.9 Å². The molecule has 1 aromatic carbocycles. The molecule has 23 heavy (non-hydrogen) atoms. The first-order chi connectivity index (χ1) is 11.1. The summed E-state index contributed by atoms with van der Waals surface area (Å²) in [6.07, 6.45) is 3.05. The molecule has 1 aromatic rings. The molecule has 1 N–H and O–H groups in total. The summed E-state index contributed by atoms with van der Waals surface area (Å²) in [4.78, 5) is 27.7. The van der Waals surface area contributed by atoms with Crippen LogP contribution in [-0.4, -0.2) is 35.1 Å². The Morgan fingerprint density at radius 2 is 2.30 bits per heavy atom. The number of carbonyl (C=O) groups is 2. The summed E-state index contributed by atoms with van der Waals surface area (Å²) in [5, 5.41) is 3.20. The van der Waals surface area contributed by atoms with Gasteiger partial charge in [0.1, 0.15) is 6.04 Å². The van der Waals surface area contributed by atoms with Gasteiger partial charge in [-0.3, -0.25) is 9.59 Å². The van der Waals surface area contributed by atoms with Crippen molar-refractivity contribution in [3.05, 3.63) is 29.3 Å². The Labute approximate surface area is 142 Å². The SMILES string of the molecule is CCC(C(=O)NC1CCSc2ccc(C)cc21)N1CCCC1=O. The first-order valence-electron chi connectivity index (χ1n) is 8.43. The Morgan fingerprint density at radius 3 is 3.00 bits per heavy atom. The second-order valence-electron chi connectivity index (χ2n) is 6.35. The van der Waals surface area contributed by atoms with Gasteiger partial charge in [-0.25, -0.2) is 0 Å². The van der Waals surface area contributed by atoms with Gasteiger partial charge in [0.2, 0.25) is 11.8 Å². The van der Waals surface area contributed by atoms with Crippen LogP contribution in [0.5, 0.6) is 0 Å². The van der Waals surface area contributed by atoms with Gasteiger partial charge in [0.15, 0.2) is 0 Å². The van der Waals surface area contributed by atoms with E-state index in [2.05, 4.69) is 30.4 Å². The third kappa shape index (κ3) is 3.39. The number of nitrogens with zero attached hydrogens (tertiary/aromatic N) is 1. The average molecular weight is 332 g/mol. The summed E-state index contributed by atoms with van der Waals surface area (Å²) < 4.78 is 0. The second kappa shape index (κ2) is 6.95. The smallest absolute Gasteiger partial charge is 0.243 e. The van der Waals surface area contributed by atoms with Crippen LogP contribution in [0.1, 0.15) is 49.8 Å². The summed E-state index contributed by atoms with van der Waals surface area (Å²) in [7, 11) is 0. The van der Waals surface area contributed by atoms with Crippen LogP contribution in [0.25, 0.3) is 0 Å². The highest BCUT2D eigenvalue weighted by Gasteiger charge is 2.33. The molecule has 2 heterocycles. The number of fused-ring (bicyclic) bond motifs is 1. The molecule has 2 unspecified atom stereocenters. The quantitative estimate of drug-likeness (QED) is 0.922. The number of likely N-dealkylation sites (tertiary alicyclic amines) is 1. The number of rotatable bonds is 4. The highest BCUT2D eigenvalue weighted by atomic mass is 32.2. The number of thioether (sulfide) groups is 1. The largest absolute Gasteiger partial charge is 0.347 e. The van der Waals surface area contributed by atoms with Crippen LogP contribution in [0, 0.1) is 6.92 Å². The fourth-order valence-electron chi connectivity index (χ4n) is 3.48. The molecule has 0 radical (unpaired) electrons. The molecular weight excluding hydrogens is 308 g/mol. The van der Waals surface area contributed by atoms with Crippen LogP contribution in [0.15, 0.2) is 23.1 Å². The fraction of sp³-hybridized carbons (Fsp3) is 0.556. The summed E-state index contributed by atoms with van der Waals surface area (Å²) >= 11 is 1.85. The van der Waals surface area contributed by atoms with Gasteiger partial charge in [-0.1, -0.05) is 24.6 Å². The molecule has 3 rings (SSSR count). The molecular formula is C18H24N2O2S. The topological polar surface area (TPSA) is 49.4 Å². The van der Waals surface area contributed by atoms with Gasteiger partial charge in [-0.05, 0) is 37.8 Å². The third-order valence-corrected chi connectivity index (χ3v) is 5.82. The van der Waals surface area contributed by atoms with E-state index >= 15 is 0 Å². The van der Waals surface area contributed by atoms with Crippen LogP contribution < -0.4 is 5.32 Å². The lowest BCUT2D eigenvalue weighted by molar-refractivity contribution is -0.137. The van der Waals surface area contributed by atoms with Crippen LogP contribution in [0.3, 0.4) is 0 Å². The molecule has 2 atom stereocenters. The monoisotopic (exact) mass is 332 g/mol. The molecule has 0 spiro atoms. The van der Waals surface area contributed by atoms with E-state index in [1.165, 1.54) is 16.0 Å². The zero-order chi connectivity index (χ0) is 16.4. The molecule has 124 valence electrons. The summed E-state index contributed by atoms with van der Waals surface area (Å²) in [6, 6.07) is 6.18. The molecule has 0 aliphatic carbocycles. The molecule has 4 nitrogen and oxygen atoms in total. The zero-order valence-electron chi connectivity index (χ0n) is 13.8. The van der Waals surface area contributed by atoms with Gasteiger partial charge in [0.05, 0.1) is 6.04 Å². The van der Waals surface area contributed by atoms with E-state index in [0.29, 0.717) is 19.4 Å². The van der Waals surface area contributed by atoms with Gasteiger partial charge in [0.25, 0.3) is 0 Å². The Bertz CT molecular complexity index is 617. The minimum Gasteiger partial charge on any atom is -0.347 e. The normalized spacial score (nSPS) is 21.9. The van der Waals surface area contributed by atoms with Crippen LogP contribution in [-0.2, 0) is 9.59 Å². The van der Waals surface area contributed by atoms with E-state index in [9.17, 15) is 9.59 Å². The van der Waals surface area contributed by atoms with Crippen molar-refractivity contribution in [2.75, 3.05) is 12.3 Å². The lowest BCUT2D eigenvalue weighted by atomic mass is 10.0. The van der Waals surface area contributed by atoms with Gasteiger partial charge in [-0.15, -0.1) is 11.8 Å². The van der Waals surface area contributed by atoms with Crippen molar-refractivity contribution in [2.24, 2.45) is 0 Å². The molecule has 1 saturated heterocycles. The Balaban J connectivity index is 1.75. The van der Waals surface area contributed by atoms with Crippen molar-refractivity contribution in [1.82, 2.24) is 10.2 Å². The molecule has 1 fully saturated rings. The number of aryl methyl sites for hydroxylation is 1. The van der Waals surface area contributed by atoms with Gasteiger partial charge in [0, 0.05) is 23.6 Å². The lowest BCUT2D eigenvalue weighted by Crippen LogP contribution is -2.48. The van der Waals surface area contributed by atoms with Crippen molar-refractivity contribution in [2.45, 2.75) is 56.5 Å². The Morgan fingerprint density at radius 1 is 1.48 bits per heavy atom. The van der Waals surface area contributed by atoms with E-state index in [0.717, 1.165) is 18.6 Å². The number of benzene rings is 1. The lowest BCUT2D eigenvalue weighted by Gasteiger charge is -2.31. The van der Waals surface area contributed by atoms with Crippen molar-refractivity contribution in [1.29, 1.82) is 0 Å². The van der Waals surface area contributed by atoms with Gasteiger partial charge < -0.3 is 10.2 Å². The molecule has 0 aromatic heterocycles. The van der Waals surface area contributed by atoms with Crippen LogP contribution in [0.4, 0.5) is 0 Å². The maximum Gasteiger partial charge on any atom is 0.243 e. The predicted octanol–water partition coefficient (Wildman–Crippen LogP) is 3.05. The summed E-state index contributed by atoms with van der Waals surface area (Å²) in [6.45, 7) is 4.77. The standard InChI is InChI=1S/C18H24N2O2S/c1-3-15(20-9-4-5-17(20)21)18(22)19-14-8-10-23-16-7-6-12(2)11-13(14)16/h6-7,11,14-15H,3-5,8-10H2,1-2H3,(H,19,22). The van der Waals surface area contributed by atoms with Crippen molar-refractivity contribution in [3.63, 3.8) is 0 Å². The minimum absolute atomic E-state index is 0.00731. The fourth-order valence-corrected chi connectivity index (χ4v) is 4.58. The number of carbonyl (C=O) groups excluding carboxylic acids is 2. The zero-order valence-corrected chi connectivity index (χ0v) is 14.6. The minimum atomic E-state index is -0.326. The molecule has 2 aliphatic rings. The maximum absolute atomic E-state index is 12.8. The summed E-state index contributed by atoms with van der Waals surface area (Å²) in [5.74, 6) is 1.12. The Kier molecular flexibility index (Phi) is 4.95. The molecule has 5 heteroatoms. The van der Waals surface area contributed by atoms with E-state index in [4.69, 9.17) is 0 Å². The van der Waals surface area contributed by atoms with Crippen LogP contribution >= 0.6 is 11.8 Å². The van der Waals surface area contributed by atoms with E-state index in [1.807, 2.05) is 18.7 Å². The van der Waals surface area contributed by atoms with E-state index in [1.54, 1.807) is 4.90 Å². The number of amides is 2. The maximum atomic E-state index is 12.8. The first kappa shape index (κ1) is 16.4. The van der Waals surface area contributed by atoms with Crippen LogP contribution in [0.2, 0.25) is 0 Å². The van der Waals surface area contributed by atoms with Crippen molar-refractivity contribution < 1.29 is 9.59 Å².